The first-order valence-corrected chi connectivity index (χ1v) is 8.99. The monoisotopic (exact) mass is 402 g/mol. The van der Waals surface area contributed by atoms with Gasteiger partial charge in [-0.15, -0.1) is 0 Å². The third-order valence-electron chi connectivity index (χ3n) is 4.22. The van der Waals surface area contributed by atoms with Crippen LogP contribution in [0, 0.1) is 0 Å². The van der Waals surface area contributed by atoms with Crippen LogP contribution >= 0.6 is 0 Å². The first-order valence-electron chi connectivity index (χ1n) is 8.99. The number of halogens is 3. The first-order chi connectivity index (χ1) is 13.1. The average molecular weight is 402 g/mol. The van der Waals surface area contributed by atoms with Gasteiger partial charge in [-0.05, 0) is 44.6 Å². The van der Waals surface area contributed by atoms with Gasteiger partial charge in [0.15, 0.2) is 0 Å². The van der Waals surface area contributed by atoms with Crippen LogP contribution in [0.1, 0.15) is 38.2 Å². The number of carboxylic acids is 1. The summed E-state index contributed by atoms with van der Waals surface area (Å²) in [4.78, 5) is 34.0. The van der Waals surface area contributed by atoms with Gasteiger partial charge in [-0.2, -0.15) is 13.2 Å². The molecule has 0 unspecified atom stereocenters. The van der Waals surface area contributed by atoms with E-state index in [2.05, 4.69) is 5.32 Å². The van der Waals surface area contributed by atoms with E-state index in [1.807, 2.05) is 30.3 Å². The van der Waals surface area contributed by atoms with E-state index in [0.29, 0.717) is 12.8 Å². The Bertz CT molecular complexity index is 650. The molecule has 156 valence electrons. The molecule has 0 spiro atoms. The van der Waals surface area contributed by atoms with Crippen LogP contribution in [0.2, 0.25) is 0 Å². The quantitative estimate of drug-likeness (QED) is 0.467. The highest BCUT2D eigenvalue weighted by Crippen LogP contribution is 2.14. The second-order valence-corrected chi connectivity index (χ2v) is 6.49. The number of unbranched alkanes of at least 4 members (excludes halogenated alkanes) is 1. The molecular weight excluding hydrogens is 377 g/mol. The van der Waals surface area contributed by atoms with Crippen molar-refractivity contribution in [3.05, 3.63) is 35.9 Å². The third kappa shape index (κ3) is 8.98. The number of amides is 1. The minimum Gasteiger partial charge on any atom is -0.480 e. The molecule has 1 amide bonds. The average Bonchev–Trinajstić information content (AvgIpc) is 2.62. The summed E-state index contributed by atoms with van der Waals surface area (Å²) >= 11 is 0. The lowest BCUT2D eigenvalue weighted by Crippen LogP contribution is -2.46. The highest BCUT2D eigenvalue weighted by molar-refractivity contribution is 5.83. The van der Waals surface area contributed by atoms with E-state index < -0.39 is 30.1 Å². The van der Waals surface area contributed by atoms with Gasteiger partial charge in [0, 0.05) is 6.54 Å². The van der Waals surface area contributed by atoms with Crippen molar-refractivity contribution in [3.63, 3.8) is 0 Å². The zero-order valence-corrected chi connectivity index (χ0v) is 15.6. The number of carbonyl (C=O) groups excluding carboxylic acids is 2. The molecule has 0 aromatic heterocycles. The maximum absolute atomic E-state index is 12.1. The smallest absolute Gasteiger partial charge is 0.471 e. The molecule has 0 heterocycles. The molecule has 3 N–H and O–H groups in total. The van der Waals surface area contributed by atoms with Gasteiger partial charge in [0.05, 0.1) is 6.04 Å². The number of hydrogen-bond acceptors (Lipinski definition) is 4. The second-order valence-electron chi connectivity index (χ2n) is 6.49. The lowest BCUT2D eigenvalue weighted by atomic mass is 10.0. The fourth-order valence-corrected chi connectivity index (χ4v) is 2.66. The maximum Gasteiger partial charge on any atom is 0.471 e. The Hall–Kier alpha value is -2.42. The van der Waals surface area contributed by atoms with Gasteiger partial charge in [0.25, 0.3) is 0 Å². The Morgan fingerprint density at radius 2 is 1.68 bits per heavy atom. The fraction of sp³-hybridized carbons (Fsp3) is 0.526. The van der Waals surface area contributed by atoms with Crippen molar-refractivity contribution in [3.8, 4) is 0 Å². The molecule has 0 radical (unpaired) electrons. The zero-order chi connectivity index (χ0) is 21.2. The lowest BCUT2D eigenvalue weighted by molar-refractivity contribution is -0.173. The molecule has 1 aromatic carbocycles. The lowest BCUT2D eigenvalue weighted by Gasteiger charge is -2.21. The molecule has 6 nitrogen and oxygen atoms in total. The van der Waals surface area contributed by atoms with Crippen molar-refractivity contribution in [1.82, 2.24) is 10.6 Å². The van der Waals surface area contributed by atoms with Crippen molar-refractivity contribution < 1.29 is 32.7 Å². The summed E-state index contributed by atoms with van der Waals surface area (Å²) in [6.07, 6.45) is -3.28. The number of aryl methyl sites for hydroxylation is 1. The van der Waals surface area contributed by atoms with E-state index in [4.69, 9.17) is 0 Å². The molecule has 28 heavy (non-hydrogen) atoms. The summed E-state index contributed by atoms with van der Waals surface area (Å²) in [6.45, 7) is 1.18. The van der Waals surface area contributed by atoms with Crippen LogP contribution in [-0.2, 0) is 20.8 Å². The maximum atomic E-state index is 12.1. The fourth-order valence-electron chi connectivity index (χ4n) is 2.66. The van der Waals surface area contributed by atoms with Crippen molar-refractivity contribution >= 4 is 17.7 Å². The predicted molar refractivity (Wildman–Crippen MR) is 96.7 cm³/mol. The van der Waals surface area contributed by atoms with Crippen molar-refractivity contribution in [2.75, 3.05) is 6.54 Å². The largest absolute Gasteiger partial charge is 0.480 e. The summed E-state index contributed by atoms with van der Waals surface area (Å²) in [5.41, 5.74) is 1.03. The molecule has 0 saturated carbocycles. The Morgan fingerprint density at radius 3 is 2.21 bits per heavy atom. The number of rotatable bonds is 12. The van der Waals surface area contributed by atoms with Gasteiger partial charge in [-0.25, -0.2) is 0 Å². The van der Waals surface area contributed by atoms with Gasteiger partial charge in [-0.1, -0.05) is 30.3 Å². The Morgan fingerprint density at radius 1 is 1.04 bits per heavy atom. The van der Waals surface area contributed by atoms with Crippen molar-refractivity contribution in [2.24, 2.45) is 0 Å². The van der Waals surface area contributed by atoms with E-state index in [-0.39, 0.29) is 31.6 Å². The molecule has 0 fully saturated rings. The number of hydrogen-bond donors (Lipinski definition) is 3. The first kappa shape index (κ1) is 23.6. The summed E-state index contributed by atoms with van der Waals surface area (Å²) in [5.74, 6) is -3.33. The van der Waals surface area contributed by atoms with Crippen LogP contribution in [-0.4, -0.2) is 47.6 Å². The van der Waals surface area contributed by atoms with Gasteiger partial charge in [0.1, 0.15) is 11.8 Å². The van der Waals surface area contributed by atoms with Gasteiger partial charge in [0.2, 0.25) is 0 Å². The minimum atomic E-state index is -4.93. The predicted octanol–water partition coefficient (Wildman–Crippen LogP) is 2.47. The Kier molecular flexibility index (Phi) is 9.64. The topological polar surface area (TPSA) is 95.5 Å². The molecule has 0 saturated heterocycles. The second kappa shape index (κ2) is 11.4. The summed E-state index contributed by atoms with van der Waals surface area (Å²) in [5, 5.41) is 13.9. The van der Waals surface area contributed by atoms with Gasteiger partial charge >= 0.3 is 18.1 Å². The van der Waals surface area contributed by atoms with E-state index in [0.717, 1.165) is 5.56 Å². The highest BCUT2D eigenvalue weighted by atomic mass is 19.4. The van der Waals surface area contributed by atoms with Crippen molar-refractivity contribution in [1.29, 1.82) is 0 Å². The molecule has 9 heteroatoms. The minimum absolute atomic E-state index is 0.131. The molecule has 1 aromatic rings. The molecule has 1 rings (SSSR count). The number of Topliss-reactive ketones (excluding diaryl/α,β-unsaturated/α-hetero) is 1. The Balaban J connectivity index is 2.46. The van der Waals surface area contributed by atoms with Crippen LogP contribution in [0.15, 0.2) is 30.3 Å². The zero-order valence-electron chi connectivity index (χ0n) is 15.6. The van der Waals surface area contributed by atoms with E-state index in [1.165, 1.54) is 6.92 Å². The van der Waals surface area contributed by atoms with Crippen LogP contribution in [0.5, 0.6) is 0 Å². The summed E-state index contributed by atoms with van der Waals surface area (Å²) in [6, 6.07) is 7.84. The number of ketones is 1. The highest BCUT2D eigenvalue weighted by Gasteiger charge is 2.38. The molecule has 0 aliphatic rings. The normalized spacial score (nSPS) is 13.6. The van der Waals surface area contributed by atoms with E-state index in [9.17, 15) is 32.7 Å². The number of alkyl halides is 3. The van der Waals surface area contributed by atoms with Crippen molar-refractivity contribution in [2.45, 2.75) is 57.3 Å². The standard InChI is InChI=1S/C19H25F3N2O4/c1-13(25)15(11-10-14-7-3-2-4-8-14)24-16(17(26)27)9-5-6-12-23-18(28)19(20,21)22/h2-4,7-8,15-16,24H,5-6,9-12H2,1H3,(H,23,28)(H,26,27)/t15-,16-/m0/s1. The number of carbonyl (C=O) groups is 3. The number of benzene rings is 1. The van der Waals surface area contributed by atoms with E-state index in [1.54, 1.807) is 5.32 Å². The summed E-state index contributed by atoms with van der Waals surface area (Å²) in [7, 11) is 0. The van der Waals surface area contributed by atoms with Crippen LogP contribution in [0.3, 0.4) is 0 Å². The molecule has 0 aliphatic heterocycles. The number of aliphatic carboxylic acids is 1. The SMILES string of the molecule is CC(=O)[C@H](CCc1ccccc1)N[C@@H](CCCCNC(=O)C(F)(F)F)C(=O)O. The van der Waals surface area contributed by atoms with E-state index >= 15 is 0 Å². The number of nitrogens with one attached hydrogen (secondary N) is 2. The molecule has 2 atom stereocenters. The molecular formula is C19H25F3N2O4. The van der Waals surface area contributed by atoms with Gasteiger partial charge < -0.3 is 10.4 Å². The van der Waals surface area contributed by atoms with Gasteiger partial charge in [-0.3, -0.25) is 19.7 Å². The summed E-state index contributed by atoms with van der Waals surface area (Å²) < 4.78 is 36.2. The molecule has 0 aliphatic carbocycles. The number of carboxylic acid groups (broad SMARTS) is 1. The van der Waals surface area contributed by atoms with Crippen LogP contribution < -0.4 is 10.6 Å². The Labute approximate surface area is 161 Å². The molecule has 0 bridgehead atoms. The van der Waals surface area contributed by atoms with Crippen LogP contribution in [0.4, 0.5) is 13.2 Å². The third-order valence-corrected chi connectivity index (χ3v) is 4.22. The van der Waals surface area contributed by atoms with Crippen LogP contribution in [0.25, 0.3) is 0 Å².